The molecular formula is C3H2Cl3Sn. The number of alkyl halides is 1. The zero-order valence-electron chi connectivity index (χ0n) is 3.29. The van der Waals surface area contributed by atoms with Crippen molar-refractivity contribution in [1.82, 2.24) is 0 Å². The fraction of sp³-hybridized carbons (Fsp3) is 0.333. The molecule has 39 valence electrons. The fourth-order valence-electron chi connectivity index (χ4n) is 0.111. The molecule has 0 aliphatic carbocycles. The third kappa shape index (κ3) is 7.41. The zero-order chi connectivity index (χ0) is 5.86. The van der Waals surface area contributed by atoms with Crippen LogP contribution in [-0.4, -0.2) is 25.9 Å². The van der Waals surface area contributed by atoms with Crippen LogP contribution in [0, 0.1) is 0 Å². The van der Waals surface area contributed by atoms with Crippen molar-refractivity contribution in [3.63, 3.8) is 0 Å². The number of hydrogen-bond donors (Lipinski definition) is 0. The van der Waals surface area contributed by atoms with E-state index in [1.807, 2.05) is 0 Å². The molecular weight excluding hydrogens is 261 g/mol. The first-order chi connectivity index (χ1) is 3.13. The van der Waals surface area contributed by atoms with Gasteiger partial charge in [-0.2, -0.15) is 0 Å². The normalized spacial score (nSPS) is 13.1. The van der Waals surface area contributed by atoms with Gasteiger partial charge in [0.2, 0.25) is 0 Å². The third-order valence-electron chi connectivity index (χ3n) is 0.272. The van der Waals surface area contributed by atoms with Gasteiger partial charge in [0.25, 0.3) is 0 Å². The molecule has 0 nitrogen and oxygen atoms in total. The molecule has 3 radical (unpaired) electrons. The van der Waals surface area contributed by atoms with Crippen LogP contribution >= 0.6 is 34.8 Å². The number of rotatable bonds is 1. The van der Waals surface area contributed by atoms with Crippen LogP contribution in [0.15, 0.2) is 10.6 Å². The molecule has 0 fully saturated rings. The molecule has 0 saturated heterocycles. The predicted octanol–water partition coefficient (Wildman–Crippen LogP) is 2.04. The van der Waals surface area contributed by atoms with E-state index in [0.29, 0.717) is 0 Å². The van der Waals surface area contributed by atoms with Crippen LogP contribution in [-0.2, 0) is 0 Å². The van der Waals surface area contributed by atoms with Gasteiger partial charge >= 0.3 is 71.3 Å². The van der Waals surface area contributed by atoms with Gasteiger partial charge in [-0.3, -0.25) is 0 Å². The Balaban J connectivity index is 3.45. The molecule has 0 bridgehead atoms. The summed E-state index contributed by atoms with van der Waals surface area (Å²) in [5, 5.41) is 0. The van der Waals surface area contributed by atoms with Crippen molar-refractivity contribution in [3.05, 3.63) is 10.6 Å². The summed E-state index contributed by atoms with van der Waals surface area (Å²) in [7, 11) is 0. The topological polar surface area (TPSA) is 0 Å². The Kier molecular flexibility index (Phi) is 5.17. The van der Waals surface area contributed by atoms with E-state index in [9.17, 15) is 0 Å². The molecule has 1 atom stereocenters. The summed E-state index contributed by atoms with van der Waals surface area (Å²) in [5.74, 6) is 0. The Bertz CT molecular complexity index is 74.2. The average Bonchev–Trinajstić information content (AvgIpc) is 1.27. The molecule has 7 heavy (non-hydrogen) atoms. The average molecular weight is 263 g/mol. The van der Waals surface area contributed by atoms with Crippen molar-refractivity contribution >= 4 is 57.3 Å². The third-order valence-corrected chi connectivity index (χ3v) is 1.13. The molecule has 4 heteroatoms. The second kappa shape index (κ2) is 4.30. The molecule has 0 aromatic carbocycles. The molecule has 0 amide bonds. The molecule has 0 spiro atoms. The van der Waals surface area contributed by atoms with E-state index in [0.717, 1.165) is 0 Å². The summed E-state index contributed by atoms with van der Waals surface area (Å²) in [6.07, 6.45) is 1.59. The summed E-state index contributed by atoms with van der Waals surface area (Å²) in [6, 6.07) is 0. The second-order valence-corrected chi connectivity index (χ2v) is 5.16. The summed E-state index contributed by atoms with van der Waals surface area (Å²) >= 11 is 17.1. The minimum atomic E-state index is 0.0113. The quantitative estimate of drug-likeness (QED) is 0.501. The number of allylic oxidation sites excluding steroid dienone is 1. The number of hydrogen-bond acceptors (Lipinski definition) is 0. The van der Waals surface area contributed by atoms with Crippen LogP contribution < -0.4 is 0 Å². The fourth-order valence-corrected chi connectivity index (χ4v) is 1.70. The first kappa shape index (κ1) is 8.41. The number of halogens is 3. The predicted molar refractivity (Wildman–Crippen MR) is 35.2 cm³/mol. The molecule has 0 heterocycles. The van der Waals surface area contributed by atoms with E-state index < -0.39 is 0 Å². The van der Waals surface area contributed by atoms with Crippen molar-refractivity contribution in [1.29, 1.82) is 0 Å². The molecule has 0 saturated carbocycles. The SMILES string of the molecule is ClC(Cl)=C[CH](Cl)[Sn]. The Morgan fingerprint density at radius 2 is 2.00 bits per heavy atom. The Morgan fingerprint density at radius 3 is 2.00 bits per heavy atom. The van der Waals surface area contributed by atoms with Crippen LogP contribution in [0.1, 0.15) is 0 Å². The van der Waals surface area contributed by atoms with Crippen LogP contribution in [0.3, 0.4) is 0 Å². The molecule has 0 aromatic heterocycles. The van der Waals surface area contributed by atoms with E-state index in [4.69, 9.17) is 34.8 Å². The first-order valence-electron chi connectivity index (χ1n) is 1.51. The maximum absolute atomic E-state index is 5.47. The van der Waals surface area contributed by atoms with Gasteiger partial charge < -0.3 is 0 Å². The molecule has 0 rings (SSSR count). The van der Waals surface area contributed by atoms with Gasteiger partial charge in [0.15, 0.2) is 0 Å². The van der Waals surface area contributed by atoms with Crippen LogP contribution in [0.5, 0.6) is 0 Å². The van der Waals surface area contributed by atoms with Gasteiger partial charge in [-0.15, -0.1) is 0 Å². The van der Waals surface area contributed by atoms with Crippen molar-refractivity contribution in [3.8, 4) is 0 Å². The summed E-state index contributed by atoms with van der Waals surface area (Å²) in [6.45, 7) is 0. The van der Waals surface area contributed by atoms with E-state index in [1.54, 1.807) is 6.08 Å². The van der Waals surface area contributed by atoms with Crippen molar-refractivity contribution in [2.24, 2.45) is 0 Å². The van der Waals surface area contributed by atoms with Crippen LogP contribution in [0.25, 0.3) is 0 Å². The Hall–Kier alpha value is 1.41. The minimum absolute atomic E-state index is 0.0113. The van der Waals surface area contributed by atoms with Gasteiger partial charge in [-0.1, -0.05) is 0 Å². The van der Waals surface area contributed by atoms with E-state index in [2.05, 4.69) is 0 Å². The second-order valence-electron chi connectivity index (χ2n) is 0.858. The first-order valence-corrected chi connectivity index (χ1v) is 4.35. The summed E-state index contributed by atoms with van der Waals surface area (Å²) < 4.78 is 0.258. The van der Waals surface area contributed by atoms with Gasteiger partial charge in [0.1, 0.15) is 0 Å². The van der Waals surface area contributed by atoms with Crippen molar-refractivity contribution in [2.75, 3.05) is 0 Å². The maximum atomic E-state index is 5.47. The summed E-state index contributed by atoms with van der Waals surface area (Å²) in [5.41, 5.74) is 0. The standard InChI is InChI=1S/C3H2Cl3.Sn/c4-2-1-3(5)6;/h1-2H;. The summed E-state index contributed by atoms with van der Waals surface area (Å²) in [4.78, 5) is 0. The van der Waals surface area contributed by atoms with Gasteiger partial charge in [0.05, 0.1) is 0 Å². The van der Waals surface area contributed by atoms with Gasteiger partial charge in [0, 0.05) is 0 Å². The van der Waals surface area contributed by atoms with Crippen LogP contribution in [0.2, 0.25) is 0 Å². The van der Waals surface area contributed by atoms with Crippen LogP contribution in [0.4, 0.5) is 0 Å². The Morgan fingerprint density at radius 1 is 1.57 bits per heavy atom. The molecule has 0 N–H and O–H groups in total. The van der Waals surface area contributed by atoms with Crippen molar-refractivity contribution in [2.45, 2.75) is 3.39 Å². The van der Waals surface area contributed by atoms with E-state index in [1.165, 1.54) is 22.5 Å². The molecule has 0 aromatic rings. The van der Waals surface area contributed by atoms with Gasteiger partial charge in [-0.25, -0.2) is 0 Å². The van der Waals surface area contributed by atoms with Gasteiger partial charge in [-0.05, 0) is 0 Å². The zero-order valence-corrected chi connectivity index (χ0v) is 8.41. The van der Waals surface area contributed by atoms with E-state index in [-0.39, 0.29) is 7.88 Å². The van der Waals surface area contributed by atoms with E-state index >= 15 is 0 Å². The molecule has 1 unspecified atom stereocenters. The Labute approximate surface area is 70.9 Å². The molecule has 0 aliphatic heterocycles. The molecule has 0 aliphatic rings. The monoisotopic (exact) mass is 263 g/mol. The van der Waals surface area contributed by atoms with Crippen molar-refractivity contribution < 1.29 is 0 Å².